The van der Waals surface area contributed by atoms with Crippen molar-refractivity contribution < 1.29 is 9.53 Å². The van der Waals surface area contributed by atoms with Crippen molar-refractivity contribution in [3.05, 3.63) is 58.6 Å². The summed E-state index contributed by atoms with van der Waals surface area (Å²) in [6.45, 7) is 6.71. The van der Waals surface area contributed by atoms with Crippen LogP contribution in [0.15, 0.2) is 42.5 Å². The second kappa shape index (κ2) is 7.65. The third kappa shape index (κ3) is 3.84. The fraction of sp³-hybridized carbons (Fsp3) is 0.238. The molecule has 0 atom stereocenters. The van der Waals surface area contributed by atoms with Crippen molar-refractivity contribution in [3.8, 4) is 17.0 Å². The average molecular weight is 388 g/mol. The molecular weight excluding hydrogens is 369 g/mol. The molecule has 0 aliphatic rings. The molecule has 0 aliphatic heterocycles. The topological polar surface area (TPSA) is 39.2 Å². The first-order chi connectivity index (χ1) is 12.4. The van der Waals surface area contributed by atoms with Crippen LogP contribution in [0.4, 0.5) is 0 Å². The van der Waals surface area contributed by atoms with E-state index in [0.717, 1.165) is 16.9 Å². The number of nitrogens with zero attached hydrogens (tertiary/aromatic N) is 1. The van der Waals surface area contributed by atoms with Crippen LogP contribution in [-0.2, 0) is 0 Å². The zero-order valence-electron chi connectivity index (χ0n) is 14.8. The summed E-state index contributed by atoms with van der Waals surface area (Å²) < 4.78 is 5.80. The van der Waals surface area contributed by atoms with Crippen LogP contribution in [-0.4, -0.2) is 16.8 Å². The van der Waals surface area contributed by atoms with Gasteiger partial charge in [-0.15, -0.1) is 0 Å². The SMILES string of the molecule is Cc1c(Cl)ccc2c(C(=O)Cl)cc(-c3cccc(OCC(C)C)c3)nc12. The van der Waals surface area contributed by atoms with E-state index in [0.29, 0.717) is 39.7 Å². The van der Waals surface area contributed by atoms with Crippen LogP contribution < -0.4 is 4.74 Å². The van der Waals surface area contributed by atoms with Crippen molar-refractivity contribution in [3.63, 3.8) is 0 Å². The van der Waals surface area contributed by atoms with Crippen molar-refractivity contribution >= 4 is 39.3 Å². The van der Waals surface area contributed by atoms with Gasteiger partial charge in [0.05, 0.1) is 17.8 Å². The lowest BCUT2D eigenvalue weighted by molar-refractivity contribution is 0.108. The Balaban J connectivity index is 2.15. The van der Waals surface area contributed by atoms with Crippen molar-refractivity contribution in [1.82, 2.24) is 4.98 Å². The quantitative estimate of drug-likeness (QED) is 0.483. The van der Waals surface area contributed by atoms with Gasteiger partial charge in [0.15, 0.2) is 0 Å². The van der Waals surface area contributed by atoms with Crippen LogP contribution in [0, 0.1) is 12.8 Å². The number of benzene rings is 2. The highest BCUT2D eigenvalue weighted by Gasteiger charge is 2.15. The zero-order chi connectivity index (χ0) is 18.8. The molecule has 0 aliphatic carbocycles. The summed E-state index contributed by atoms with van der Waals surface area (Å²) >= 11 is 12.1. The number of fused-ring (bicyclic) bond motifs is 1. The van der Waals surface area contributed by atoms with Gasteiger partial charge in [0, 0.05) is 21.5 Å². The molecule has 0 fully saturated rings. The van der Waals surface area contributed by atoms with E-state index in [4.69, 9.17) is 32.9 Å². The molecule has 5 heteroatoms. The number of carbonyl (C=O) groups excluding carboxylic acids is 1. The van der Waals surface area contributed by atoms with Gasteiger partial charge < -0.3 is 4.74 Å². The summed E-state index contributed by atoms with van der Waals surface area (Å²) in [5, 5.41) is 0.777. The van der Waals surface area contributed by atoms with E-state index in [1.54, 1.807) is 18.2 Å². The maximum Gasteiger partial charge on any atom is 0.253 e. The standard InChI is InChI=1S/C21H19Cl2NO2/c1-12(2)11-26-15-6-4-5-14(9-15)19-10-17(21(23)25)16-7-8-18(22)13(3)20(16)24-19/h4-10,12H,11H2,1-3H3. The number of halogens is 2. The summed E-state index contributed by atoms with van der Waals surface area (Å²) in [4.78, 5) is 16.7. The number of carbonyl (C=O) groups is 1. The van der Waals surface area contributed by atoms with E-state index in [1.165, 1.54) is 0 Å². The van der Waals surface area contributed by atoms with E-state index in [1.807, 2.05) is 31.2 Å². The van der Waals surface area contributed by atoms with Gasteiger partial charge >= 0.3 is 0 Å². The third-order valence-corrected chi connectivity index (χ3v) is 4.71. The van der Waals surface area contributed by atoms with Gasteiger partial charge in [-0.2, -0.15) is 0 Å². The second-order valence-corrected chi connectivity index (χ2v) is 7.38. The first kappa shape index (κ1) is 18.7. The Morgan fingerprint density at radius 3 is 2.65 bits per heavy atom. The molecule has 0 N–H and O–H groups in total. The Morgan fingerprint density at radius 2 is 1.96 bits per heavy atom. The molecule has 0 amide bonds. The number of hydrogen-bond acceptors (Lipinski definition) is 3. The zero-order valence-corrected chi connectivity index (χ0v) is 16.4. The summed E-state index contributed by atoms with van der Waals surface area (Å²) in [5.74, 6) is 1.20. The molecule has 0 spiro atoms. The van der Waals surface area contributed by atoms with Gasteiger partial charge in [0.25, 0.3) is 5.24 Å². The Bertz CT molecular complexity index is 983. The van der Waals surface area contributed by atoms with Gasteiger partial charge in [-0.05, 0) is 54.3 Å². The van der Waals surface area contributed by atoms with Crippen LogP contribution in [0.5, 0.6) is 5.75 Å². The van der Waals surface area contributed by atoms with E-state index in [9.17, 15) is 4.79 Å². The molecule has 0 radical (unpaired) electrons. The van der Waals surface area contributed by atoms with E-state index in [2.05, 4.69) is 13.8 Å². The van der Waals surface area contributed by atoms with Gasteiger partial charge in [-0.3, -0.25) is 4.79 Å². The molecule has 1 heterocycles. The fourth-order valence-corrected chi connectivity index (χ4v) is 3.03. The lowest BCUT2D eigenvalue weighted by Crippen LogP contribution is -2.04. The molecule has 0 unspecified atom stereocenters. The predicted molar refractivity (Wildman–Crippen MR) is 107 cm³/mol. The third-order valence-electron chi connectivity index (χ3n) is 4.09. The summed E-state index contributed by atoms with van der Waals surface area (Å²) in [6, 6.07) is 12.9. The second-order valence-electron chi connectivity index (χ2n) is 6.63. The summed E-state index contributed by atoms with van der Waals surface area (Å²) in [5.41, 5.74) is 3.42. The van der Waals surface area contributed by atoms with E-state index in [-0.39, 0.29) is 0 Å². The van der Waals surface area contributed by atoms with Gasteiger partial charge in [0.1, 0.15) is 5.75 Å². The molecule has 0 bridgehead atoms. The predicted octanol–water partition coefficient (Wildman–Crippen LogP) is 6.28. The molecule has 26 heavy (non-hydrogen) atoms. The van der Waals surface area contributed by atoms with Gasteiger partial charge in [-0.1, -0.05) is 43.6 Å². The number of hydrogen-bond donors (Lipinski definition) is 0. The number of aryl methyl sites for hydroxylation is 1. The van der Waals surface area contributed by atoms with Crippen molar-refractivity contribution in [2.45, 2.75) is 20.8 Å². The van der Waals surface area contributed by atoms with E-state index >= 15 is 0 Å². The average Bonchev–Trinajstić information content (AvgIpc) is 2.62. The Morgan fingerprint density at radius 1 is 1.19 bits per heavy atom. The summed E-state index contributed by atoms with van der Waals surface area (Å²) in [6.07, 6.45) is 0. The first-order valence-corrected chi connectivity index (χ1v) is 9.15. The lowest BCUT2D eigenvalue weighted by Gasteiger charge is -2.12. The number of ether oxygens (including phenoxy) is 1. The lowest BCUT2D eigenvalue weighted by atomic mass is 10.0. The monoisotopic (exact) mass is 387 g/mol. The maximum atomic E-state index is 12.0. The number of rotatable bonds is 5. The van der Waals surface area contributed by atoms with Crippen LogP contribution in [0.25, 0.3) is 22.2 Å². The molecule has 1 aromatic heterocycles. The normalized spacial score (nSPS) is 11.2. The highest BCUT2D eigenvalue weighted by Crippen LogP contribution is 2.31. The largest absolute Gasteiger partial charge is 0.493 e. The molecule has 3 aromatic rings. The molecule has 0 saturated heterocycles. The molecule has 2 aromatic carbocycles. The molecular formula is C21H19Cl2NO2. The van der Waals surface area contributed by atoms with Gasteiger partial charge in [0.2, 0.25) is 0 Å². The van der Waals surface area contributed by atoms with E-state index < -0.39 is 5.24 Å². The van der Waals surface area contributed by atoms with Crippen molar-refractivity contribution in [1.29, 1.82) is 0 Å². The smallest absolute Gasteiger partial charge is 0.253 e. The molecule has 3 rings (SSSR count). The molecule has 3 nitrogen and oxygen atoms in total. The minimum atomic E-state index is -0.521. The molecule has 0 saturated carbocycles. The minimum absolute atomic E-state index is 0.417. The first-order valence-electron chi connectivity index (χ1n) is 8.39. The Labute approximate surface area is 162 Å². The maximum absolute atomic E-state index is 12.0. The number of aromatic nitrogens is 1. The Hall–Kier alpha value is -2.10. The van der Waals surface area contributed by atoms with Crippen molar-refractivity contribution in [2.75, 3.05) is 6.61 Å². The van der Waals surface area contributed by atoms with Crippen LogP contribution >= 0.6 is 23.2 Å². The fourth-order valence-electron chi connectivity index (χ4n) is 2.72. The highest BCUT2D eigenvalue weighted by molar-refractivity contribution is 6.68. The van der Waals surface area contributed by atoms with Gasteiger partial charge in [-0.25, -0.2) is 4.98 Å². The Kier molecular flexibility index (Phi) is 5.49. The number of pyridine rings is 1. The van der Waals surface area contributed by atoms with Crippen molar-refractivity contribution in [2.24, 2.45) is 5.92 Å². The minimum Gasteiger partial charge on any atom is -0.493 e. The van der Waals surface area contributed by atoms with Crippen LogP contribution in [0.1, 0.15) is 29.8 Å². The highest BCUT2D eigenvalue weighted by atomic mass is 35.5. The summed E-state index contributed by atoms with van der Waals surface area (Å²) in [7, 11) is 0. The van der Waals surface area contributed by atoms with Crippen LogP contribution in [0.2, 0.25) is 5.02 Å². The van der Waals surface area contributed by atoms with Crippen LogP contribution in [0.3, 0.4) is 0 Å². The molecule has 134 valence electrons.